The highest BCUT2D eigenvalue weighted by atomic mass is 17.1. The first kappa shape index (κ1) is 10.3. The quantitative estimate of drug-likeness (QED) is 0.477. The molecule has 4 nitrogen and oxygen atoms in total. The van der Waals surface area contributed by atoms with E-state index in [0.29, 0.717) is 11.4 Å². The second-order valence-electron chi connectivity index (χ2n) is 3.12. The van der Waals surface area contributed by atoms with Crippen LogP contribution in [0.5, 0.6) is 5.75 Å². The SMILES string of the molecule is OOc1ccc(N=Nc2ccccc2)cc1. The Hall–Kier alpha value is -2.20. The zero-order valence-electron chi connectivity index (χ0n) is 8.45. The predicted octanol–water partition coefficient (Wildman–Crippen LogP) is 3.95. The van der Waals surface area contributed by atoms with Crippen LogP contribution in [0.4, 0.5) is 11.4 Å². The van der Waals surface area contributed by atoms with Gasteiger partial charge in [0.25, 0.3) is 0 Å². The Morgan fingerprint density at radius 3 is 1.88 bits per heavy atom. The maximum absolute atomic E-state index is 8.38. The average Bonchev–Trinajstić information content (AvgIpc) is 2.38. The summed E-state index contributed by atoms with van der Waals surface area (Å²) in [6.07, 6.45) is 0. The molecule has 0 amide bonds. The van der Waals surface area contributed by atoms with Crippen molar-refractivity contribution in [1.82, 2.24) is 0 Å². The van der Waals surface area contributed by atoms with E-state index >= 15 is 0 Å². The van der Waals surface area contributed by atoms with Gasteiger partial charge in [0.15, 0.2) is 5.75 Å². The highest BCUT2D eigenvalue weighted by Gasteiger charge is 1.93. The molecule has 0 saturated carbocycles. The minimum absolute atomic E-state index is 0.374. The van der Waals surface area contributed by atoms with Crippen molar-refractivity contribution in [2.24, 2.45) is 10.2 Å². The predicted molar refractivity (Wildman–Crippen MR) is 60.3 cm³/mol. The number of nitrogens with zero attached hydrogens (tertiary/aromatic N) is 2. The van der Waals surface area contributed by atoms with Crippen molar-refractivity contribution < 1.29 is 10.1 Å². The third-order valence-corrected chi connectivity index (χ3v) is 1.98. The van der Waals surface area contributed by atoms with Crippen molar-refractivity contribution in [3.63, 3.8) is 0 Å². The van der Waals surface area contributed by atoms with Crippen LogP contribution in [0.1, 0.15) is 0 Å². The molecular formula is C12H10N2O2. The zero-order chi connectivity index (χ0) is 11.2. The van der Waals surface area contributed by atoms with Crippen LogP contribution in [0, 0.1) is 0 Å². The summed E-state index contributed by atoms with van der Waals surface area (Å²) in [6, 6.07) is 16.1. The summed E-state index contributed by atoms with van der Waals surface area (Å²) in [5.41, 5.74) is 1.50. The normalized spacial score (nSPS) is 10.6. The van der Waals surface area contributed by atoms with Crippen LogP contribution >= 0.6 is 0 Å². The number of rotatable bonds is 3. The Kier molecular flexibility index (Phi) is 3.25. The first-order valence-corrected chi connectivity index (χ1v) is 4.77. The number of hydrogen-bond acceptors (Lipinski definition) is 4. The number of azo groups is 1. The number of benzene rings is 2. The largest absolute Gasteiger partial charge is 0.340 e. The van der Waals surface area contributed by atoms with Gasteiger partial charge in [-0.05, 0) is 36.4 Å². The van der Waals surface area contributed by atoms with Gasteiger partial charge in [-0.25, -0.2) is 5.26 Å². The van der Waals surface area contributed by atoms with Gasteiger partial charge in [0.05, 0.1) is 11.4 Å². The minimum Gasteiger partial charge on any atom is -0.340 e. The maximum Gasteiger partial charge on any atom is 0.165 e. The lowest BCUT2D eigenvalue weighted by Gasteiger charge is -1.95. The fraction of sp³-hybridized carbons (Fsp3) is 0. The summed E-state index contributed by atoms with van der Waals surface area (Å²) in [6.45, 7) is 0. The lowest BCUT2D eigenvalue weighted by Crippen LogP contribution is -1.80. The smallest absolute Gasteiger partial charge is 0.165 e. The second-order valence-corrected chi connectivity index (χ2v) is 3.12. The lowest BCUT2D eigenvalue weighted by molar-refractivity contribution is -0.137. The average molecular weight is 214 g/mol. The molecule has 0 radical (unpaired) electrons. The van der Waals surface area contributed by atoms with Crippen molar-refractivity contribution in [3.05, 3.63) is 54.6 Å². The van der Waals surface area contributed by atoms with E-state index in [1.165, 1.54) is 0 Å². The molecule has 0 heterocycles. The van der Waals surface area contributed by atoms with Gasteiger partial charge in [-0.1, -0.05) is 18.2 Å². The lowest BCUT2D eigenvalue weighted by atomic mass is 10.3. The molecule has 0 aliphatic heterocycles. The standard InChI is InChI=1S/C12H10N2O2/c15-16-12-8-6-11(7-9-12)14-13-10-4-2-1-3-5-10/h1-9,15H. The zero-order valence-corrected chi connectivity index (χ0v) is 8.45. The summed E-state index contributed by atoms with van der Waals surface area (Å²) in [7, 11) is 0. The Bertz CT molecular complexity index is 466. The summed E-state index contributed by atoms with van der Waals surface area (Å²) in [5.74, 6) is 0.374. The molecule has 0 aromatic heterocycles. The Labute approximate surface area is 92.8 Å². The molecule has 0 fully saturated rings. The summed E-state index contributed by atoms with van der Waals surface area (Å²) >= 11 is 0. The molecule has 1 N–H and O–H groups in total. The van der Waals surface area contributed by atoms with E-state index in [1.54, 1.807) is 24.3 Å². The van der Waals surface area contributed by atoms with Gasteiger partial charge < -0.3 is 4.89 Å². The van der Waals surface area contributed by atoms with Crippen molar-refractivity contribution in [2.75, 3.05) is 0 Å². The van der Waals surface area contributed by atoms with Crippen LogP contribution in [0.2, 0.25) is 0 Å². The van der Waals surface area contributed by atoms with E-state index < -0.39 is 0 Å². The topological polar surface area (TPSA) is 54.2 Å². The highest BCUT2D eigenvalue weighted by molar-refractivity contribution is 5.42. The van der Waals surface area contributed by atoms with Gasteiger partial charge in [0, 0.05) is 0 Å². The van der Waals surface area contributed by atoms with Crippen LogP contribution in [0.3, 0.4) is 0 Å². The monoisotopic (exact) mass is 214 g/mol. The summed E-state index contributed by atoms with van der Waals surface area (Å²) in [5, 5.41) is 16.5. The molecule has 0 spiro atoms. The van der Waals surface area contributed by atoms with Gasteiger partial charge in [-0.2, -0.15) is 10.2 Å². The molecule has 0 bridgehead atoms. The molecule has 0 saturated heterocycles. The maximum atomic E-state index is 8.38. The third kappa shape index (κ3) is 2.65. The molecule has 0 atom stereocenters. The Morgan fingerprint density at radius 2 is 1.31 bits per heavy atom. The third-order valence-electron chi connectivity index (χ3n) is 1.98. The van der Waals surface area contributed by atoms with Crippen molar-refractivity contribution >= 4 is 11.4 Å². The van der Waals surface area contributed by atoms with Crippen LogP contribution in [-0.2, 0) is 0 Å². The fourth-order valence-electron chi connectivity index (χ4n) is 1.18. The molecule has 0 aliphatic rings. The molecule has 80 valence electrons. The first-order valence-electron chi connectivity index (χ1n) is 4.77. The molecule has 2 rings (SSSR count). The van der Waals surface area contributed by atoms with Gasteiger partial charge in [0.1, 0.15) is 0 Å². The molecule has 0 unspecified atom stereocenters. The van der Waals surface area contributed by atoms with E-state index in [-0.39, 0.29) is 0 Å². The van der Waals surface area contributed by atoms with Gasteiger partial charge in [-0.15, -0.1) is 0 Å². The fourth-order valence-corrected chi connectivity index (χ4v) is 1.18. The molecule has 16 heavy (non-hydrogen) atoms. The molecule has 2 aromatic carbocycles. The summed E-state index contributed by atoms with van der Waals surface area (Å²) in [4.78, 5) is 4.06. The molecule has 0 aliphatic carbocycles. The van der Waals surface area contributed by atoms with Gasteiger partial charge >= 0.3 is 0 Å². The molecule has 4 heteroatoms. The van der Waals surface area contributed by atoms with E-state index in [1.807, 2.05) is 30.3 Å². The second kappa shape index (κ2) is 5.04. The highest BCUT2D eigenvalue weighted by Crippen LogP contribution is 2.20. The minimum atomic E-state index is 0.374. The van der Waals surface area contributed by atoms with Crippen molar-refractivity contribution in [2.45, 2.75) is 0 Å². The van der Waals surface area contributed by atoms with E-state index in [2.05, 4.69) is 15.1 Å². The van der Waals surface area contributed by atoms with E-state index in [0.717, 1.165) is 5.69 Å². The van der Waals surface area contributed by atoms with E-state index in [4.69, 9.17) is 5.26 Å². The van der Waals surface area contributed by atoms with Gasteiger partial charge in [-0.3, -0.25) is 0 Å². The van der Waals surface area contributed by atoms with Crippen LogP contribution in [0.15, 0.2) is 64.8 Å². The molecule has 2 aromatic rings. The van der Waals surface area contributed by atoms with E-state index in [9.17, 15) is 0 Å². The van der Waals surface area contributed by atoms with Crippen LogP contribution < -0.4 is 4.89 Å². The number of hydrogen-bond donors (Lipinski definition) is 1. The van der Waals surface area contributed by atoms with Crippen molar-refractivity contribution in [1.29, 1.82) is 0 Å². The van der Waals surface area contributed by atoms with Crippen molar-refractivity contribution in [3.8, 4) is 5.75 Å². The summed E-state index contributed by atoms with van der Waals surface area (Å²) < 4.78 is 0. The van der Waals surface area contributed by atoms with Gasteiger partial charge in [0.2, 0.25) is 0 Å². The Morgan fingerprint density at radius 1 is 0.750 bits per heavy atom. The van der Waals surface area contributed by atoms with Crippen LogP contribution in [0.25, 0.3) is 0 Å². The van der Waals surface area contributed by atoms with Crippen LogP contribution in [-0.4, -0.2) is 5.26 Å². The Balaban J connectivity index is 2.12. The molecular weight excluding hydrogens is 204 g/mol. The first-order chi connectivity index (χ1) is 7.88.